The average molecular weight is 253 g/mol. The van der Waals surface area contributed by atoms with Gasteiger partial charge in [-0.2, -0.15) is 0 Å². The van der Waals surface area contributed by atoms with E-state index in [9.17, 15) is 0 Å². The summed E-state index contributed by atoms with van der Waals surface area (Å²) in [6.45, 7) is 4.07. The van der Waals surface area contributed by atoms with E-state index in [1.807, 2.05) is 19.1 Å². The van der Waals surface area contributed by atoms with Crippen molar-refractivity contribution in [3.63, 3.8) is 0 Å². The highest BCUT2D eigenvalue weighted by molar-refractivity contribution is 9.10. The standard InChI is InChI=1S/C11H13BrN2/c1-6(13)10-7(2)14-9-5-3-4-8(12)11(9)10/h3-6,14H,13H2,1-2H3. The summed E-state index contributed by atoms with van der Waals surface area (Å²) in [5, 5.41) is 1.21. The van der Waals surface area contributed by atoms with Gasteiger partial charge in [-0.25, -0.2) is 0 Å². The van der Waals surface area contributed by atoms with Crippen LogP contribution in [-0.4, -0.2) is 4.98 Å². The Labute approximate surface area is 91.6 Å². The second kappa shape index (κ2) is 3.41. The maximum atomic E-state index is 5.95. The Kier molecular flexibility index (Phi) is 2.37. The minimum absolute atomic E-state index is 0.0578. The van der Waals surface area contributed by atoms with Gasteiger partial charge in [0.05, 0.1) is 0 Å². The molecule has 3 N–H and O–H groups in total. The molecule has 1 unspecified atom stereocenters. The molecule has 1 heterocycles. The van der Waals surface area contributed by atoms with Crippen LogP contribution in [0.15, 0.2) is 22.7 Å². The van der Waals surface area contributed by atoms with E-state index >= 15 is 0 Å². The molecule has 0 saturated heterocycles. The molecule has 1 aromatic carbocycles. The van der Waals surface area contributed by atoms with E-state index in [4.69, 9.17) is 5.73 Å². The summed E-state index contributed by atoms with van der Waals surface area (Å²) in [7, 11) is 0. The molecule has 2 rings (SSSR count). The molecule has 0 fully saturated rings. The van der Waals surface area contributed by atoms with E-state index in [0.29, 0.717) is 0 Å². The Morgan fingerprint density at radius 3 is 2.79 bits per heavy atom. The fraction of sp³-hybridized carbons (Fsp3) is 0.273. The first-order valence-corrected chi connectivity index (χ1v) is 5.43. The van der Waals surface area contributed by atoms with E-state index in [0.717, 1.165) is 15.7 Å². The molecular formula is C11H13BrN2. The number of nitrogens with two attached hydrogens (primary N) is 1. The third kappa shape index (κ3) is 1.37. The van der Waals surface area contributed by atoms with Gasteiger partial charge in [-0.1, -0.05) is 22.0 Å². The van der Waals surface area contributed by atoms with E-state index < -0.39 is 0 Å². The second-order valence-electron chi connectivity index (χ2n) is 3.61. The van der Waals surface area contributed by atoms with Crippen LogP contribution in [0.2, 0.25) is 0 Å². The maximum absolute atomic E-state index is 5.95. The fourth-order valence-electron chi connectivity index (χ4n) is 1.93. The number of benzene rings is 1. The van der Waals surface area contributed by atoms with Gasteiger partial charge in [-0.05, 0) is 31.5 Å². The van der Waals surface area contributed by atoms with Crippen LogP contribution in [0.5, 0.6) is 0 Å². The highest BCUT2D eigenvalue weighted by Crippen LogP contribution is 2.32. The molecule has 0 aliphatic heterocycles. The number of aromatic amines is 1. The van der Waals surface area contributed by atoms with Crippen molar-refractivity contribution in [2.75, 3.05) is 0 Å². The lowest BCUT2D eigenvalue weighted by molar-refractivity contribution is 0.816. The number of halogens is 1. The van der Waals surface area contributed by atoms with Crippen LogP contribution in [0, 0.1) is 6.92 Å². The molecule has 1 aromatic heterocycles. The van der Waals surface area contributed by atoms with Crippen LogP contribution in [0.3, 0.4) is 0 Å². The average Bonchev–Trinajstić information content (AvgIpc) is 2.42. The van der Waals surface area contributed by atoms with Gasteiger partial charge >= 0.3 is 0 Å². The normalized spacial score (nSPS) is 13.4. The Morgan fingerprint density at radius 2 is 2.14 bits per heavy atom. The largest absolute Gasteiger partial charge is 0.358 e. The van der Waals surface area contributed by atoms with Crippen LogP contribution >= 0.6 is 15.9 Å². The topological polar surface area (TPSA) is 41.8 Å². The summed E-state index contributed by atoms with van der Waals surface area (Å²) >= 11 is 3.55. The molecule has 14 heavy (non-hydrogen) atoms. The molecule has 2 nitrogen and oxygen atoms in total. The molecule has 0 spiro atoms. The van der Waals surface area contributed by atoms with E-state index in [-0.39, 0.29) is 6.04 Å². The zero-order valence-corrected chi connectivity index (χ0v) is 9.85. The van der Waals surface area contributed by atoms with Crippen molar-refractivity contribution < 1.29 is 0 Å². The van der Waals surface area contributed by atoms with Gasteiger partial charge in [-0.3, -0.25) is 0 Å². The second-order valence-corrected chi connectivity index (χ2v) is 4.47. The van der Waals surface area contributed by atoms with Crippen molar-refractivity contribution in [1.82, 2.24) is 4.98 Å². The number of hydrogen-bond acceptors (Lipinski definition) is 1. The van der Waals surface area contributed by atoms with Crippen molar-refractivity contribution in [1.29, 1.82) is 0 Å². The molecule has 74 valence electrons. The first-order chi connectivity index (χ1) is 6.61. The maximum Gasteiger partial charge on any atom is 0.0470 e. The Balaban J connectivity index is 2.86. The number of H-pyrrole nitrogens is 1. The number of hydrogen-bond donors (Lipinski definition) is 2. The van der Waals surface area contributed by atoms with Crippen molar-refractivity contribution in [2.24, 2.45) is 5.73 Å². The molecule has 0 saturated carbocycles. The molecule has 2 aromatic rings. The summed E-state index contributed by atoms with van der Waals surface area (Å²) in [4.78, 5) is 3.34. The fourth-order valence-corrected chi connectivity index (χ4v) is 2.51. The number of aromatic nitrogens is 1. The van der Waals surface area contributed by atoms with Crippen molar-refractivity contribution in [3.8, 4) is 0 Å². The molecular weight excluding hydrogens is 240 g/mol. The number of aryl methyl sites for hydroxylation is 1. The number of rotatable bonds is 1. The van der Waals surface area contributed by atoms with Crippen LogP contribution < -0.4 is 5.73 Å². The first-order valence-electron chi connectivity index (χ1n) is 4.63. The zero-order valence-electron chi connectivity index (χ0n) is 8.26. The quantitative estimate of drug-likeness (QED) is 0.804. The van der Waals surface area contributed by atoms with Crippen LogP contribution in [0.4, 0.5) is 0 Å². The third-order valence-corrected chi connectivity index (χ3v) is 3.13. The number of fused-ring (bicyclic) bond motifs is 1. The van der Waals surface area contributed by atoms with Gasteiger partial charge in [0.2, 0.25) is 0 Å². The van der Waals surface area contributed by atoms with Crippen LogP contribution in [0.25, 0.3) is 10.9 Å². The summed E-state index contributed by atoms with van der Waals surface area (Å²) in [5.74, 6) is 0. The molecule has 0 aliphatic rings. The highest BCUT2D eigenvalue weighted by Gasteiger charge is 2.13. The van der Waals surface area contributed by atoms with E-state index in [2.05, 4.69) is 33.9 Å². The summed E-state index contributed by atoms with van der Waals surface area (Å²) in [5.41, 5.74) is 9.45. The summed E-state index contributed by atoms with van der Waals surface area (Å²) < 4.78 is 1.10. The van der Waals surface area contributed by atoms with Gasteiger partial charge in [0.25, 0.3) is 0 Å². The lowest BCUT2D eigenvalue weighted by Gasteiger charge is -2.06. The molecule has 0 radical (unpaired) electrons. The first kappa shape index (κ1) is 9.74. The molecule has 0 amide bonds. The summed E-state index contributed by atoms with van der Waals surface area (Å²) in [6, 6.07) is 6.19. The van der Waals surface area contributed by atoms with Crippen molar-refractivity contribution in [2.45, 2.75) is 19.9 Å². The van der Waals surface area contributed by atoms with E-state index in [1.54, 1.807) is 0 Å². The lowest BCUT2D eigenvalue weighted by atomic mass is 10.1. The predicted molar refractivity (Wildman–Crippen MR) is 63.3 cm³/mol. The SMILES string of the molecule is Cc1[nH]c2cccc(Br)c2c1C(C)N. The number of nitrogens with one attached hydrogen (secondary N) is 1. The molecule has 0 aliphatic carbocycles. The van der Waals surface area contributed by atoms with Gasteiger partial charge in [0, 0.05) is 27.1 Å². The summed E-state index contributed by atoms with van der Waals surface area (Å²) in [6.07, 6.45) is 0. The van der Waals surface area contributed by atoms with Crippen LogP contribution in [-0.2, 0) is 0 Å². The van der Waals surface area contributed by atoms with E-state index in [1.165, 1.54) is 10.9 Å². The van der Waals surface area contributed by atoms with Crippen molar-refractivity contribution in [3.05, 3.63) is 33.9 Å². The minimum Gasteiger partial charge on any atom is -0.358 e. The van der Waals surface area contributed by atoms with Gasteiger partial charge in [0.1, 0.15) is 0 Å². The Bertz CT molecular complexity index is 471. The zero-order chi connectivity index (χ0) is 10.3. The smallest absolute Gasteiger partial charge is 0.0470 e. The molecule has 0 bridgehead atoms. The van der Waals surface area contributed by atoms with Crippen molar-refractivity contribution >= 4 is 26.8 Å². The third-order valence-electron chi connectivity index (χ3n) is 2.46. The highest BCUT2D eigenvalue weighted by atomic mass is 79.9. The lowest BCUT2D eigenvalue weighted by Crippen LogP contribution is -2.05. The Hall–Kier alpha value is -0.800. The monoisotopic (exact) mass is 252 g/mol. The molecule has 1 atom stereocenters. The minimum atomic E-state index is 0.0578. The molecule has 3 heteroatoms. The van der Waals surface area contributed by atoms with Crippen LogP contribution in [0.1, 0.15) is 24.2 Å². The van der Waals surface area contributed by atoms with Gasteiger partial charge in [0.15, 0.2) is 0 Å². The Morgan fingerprint density at radius 1 is 1.43 bits per heavy atom. The predicted octanol–water partition coefficient (Wildman–Crippen LogP) is 3.26. The van der Waals surface area contributed by atoms with Gasteiger partial charge < -0.3 is 10.7 Å². The van der Waals surface area contributed by atoms with Gasteiger partial charge in [-0.15, -0.1) is 0 Å².